The van der Waals surface area contributed by atoms with E-state index in [1.807, 2.05) is 6.92 Å². The smallest absolute Gasteiger partial charge is 0.315 e. The highest BCUT2D eigenvalue weighted by atomic mass is 32.1. The number of hydrogen-bond donors (Lipinski definition) is 0. The molecule has 0 spiro atoms. The molecule has 2 heterocycles. The topological polar surface area (TPSA) is 42.4 Å². The molecule has 1 aliphatic carbocycles. The number of nitrogens with zero attached hydrogens (tertiary/aromatic N) is 2. The van der Waals surface area contributed by atoms with Gasteiger partial charge in [0.25, 0.3) is 0 Å². The molecular formula is C16H24N2O2S. The highest BCUT2D eigenvalue weighted by Gasteiger charge is 2.33. The van der Waals surface area contributed by atoms with Crippen LogP contribution in [0.25, 0.3) is 0 Å². The molecule has 1 aromatic heterocycles. The average molecular weight is 308 g/mol. The van der Waals surface area contributed by atoms with Gasteiger partial charge in [0.1, 0.15) is 5.92 Å². The van der Waals surface area contributed by atoms with E-state index in [0.717, 1.165) is 49.1 Å². The second kappa shape index (κ2) is 6.34. The molecular weight excluding hydrogens is 284 g/mol. The van der Waals surface area contributed by atoms with Crippen molar-refractivity contribution < 1.29 is 9.53 Å². The van der Waals surface area contributed by atoms with E-state index in [1.165, 1.54) is 17.7 Å². The second-order valence-corrected chi connectivity index (χ2v) is 7.07. The van der Waals surface area contributed by atoms with Crippen LogP contribution in [0.4, 0.5) is 5.13 Å². The zero-order valence-corrected chi connectivity index (χ0v) is 13.7. The Kier molecular flexibility index (Phi) is 4.48. The molecule has 0 radical (unpaired) electrons. The third-order valence-corrected chi connectivity index (χ3v) is 5.84. The number of aryl methyl sites for hydroxylation is 1. The first-order valence-electron chi connectivity index (χ1n) is 8.14. The molecule has 21 heavy (non-hydrogen) atoms. The van der Waals surface area contributed by atoms with Crippen LogP contribution in [0.15, 0.2) is 0 Å². The zero-order chi connectivity index (χ0) is 14.8. The highest BCUT2D eigenvalue weighted by Crippen LogP contribution is 2.39. The molecule has 1 saturated heterocycles. The Morgan fingerprint density at radius 1 is 1.43 bits per heavy atom. The first-order valence-corrected chi connectivity index (χ1v) is 8.95. The molecule has 0 aromatic carbocycles. The lowest BCUT2D eigenvalue weighted by Crippen LogP contribution is -2.21. The van der Waals surface area contributed by atoms with Crippen molar-refractivity contribution in [3.8, 4) is 0 Å². The molecule has 0 saturated carbocycles. The van der Waals surface area contributed by atoms with Gasteiger partial charge in [-0.25, -0.2) is 4.98 Å². The molecule has 116 valence electrons. The molecule has 0 N–H and O–H groups in total. The minimum atomic E-state index is -0.136. The zero-order valence-electron chi connectivity index (χ0n) is 12.9. The van der Waals surface area contributed by atoms with Gasteiger partial charge in [-0.05, 0) is 38.5 Å². The van der Waals surface area contributed by atoms with Gasteiger partial charge in [-0.2, -0.15) is 0 Å². The summed E-state index contributed by atoms with van der Waals surface area (Å²) in [6.07, 6.45) is 5.52. The van der Waals surface area contributed by atoms with E-state index in [9.17, 15) is 4.79 Å². The lowest BCUT2D eigenvalue weighted by molar-refractivity contribution is -0.145. The third kappa shape index (κ3) is 2.93. The molecule has 0 amide bonds. The van der Waals surface area contributed by atoms with Crippen LogP contribution in [0.1, 0.15) is 56.0 Å². The van der Waals surface area contributed by atoms with E-state index >= 15 is 0 Å². The number of carbonyl (C=O) groups is 1. The third-order valence-electron chi connectivity index (χ3n) is 4.65. The molecule has 2 aliphatic rings. The van der Waals surface area contributed by atoms with E-state index in [2.05, 4.69) is 11.8 Å². The van der Waals surface area contributed by atoms with Crippen LogP contribution in [-0.4, -0.2) is 30.6 Å². The minimum Gasteiger partial charge on any atom is -0.465 e. The summed E-state index contributed by atoms with van der Waals surface area (Å²) < 4.78 is 5.22. The lowest BCUT2D eigenvalue weighted by atomic mass is 9.91. The first kappa shape index (κ1) is 14.8. The lowest BCUT2D eigenvalue weighted by Gasteiger charge is -2.19. The van der Waals surface area contributed by atoms with Crippen molar-refractivity contribution in [1.82, 2.24) is 4.98 Å². The SMILES string of the molecule is CCOC(=O)C1CCCc2sc(N3CCC(CC)C3)nc21. The summed E-state index contributed by atoms with van der Waals surface area (Å²) in [5.74, 6) is 0.568. The Balaban J connectivity index is 1.79. The molecule has 1 aromatic rings. The maximum atomic E-state index is 12.1. The van der Waals surface area contributed by atoms with Crippen LogP contribution in [0.5, 0.6) is 0 Å². The van der Waals surface area contributed by atoms with Gasteiger partial charge in [-0.15, -0.1) is 11.3 Å². The summed E-state index contributed by atoms with van der Waals surface area (Å²) in [6.45, 7) is 6.80. The second-order valence-electron chi connectivity index (χ2n) is 6.01. The Labute approximate surface area is 130 Å². The molecule has 0 bridgehead atoms. The van der Waals surface area contributed by atoms with Gasteiger partial charge in [0.15, 0.2) is 5.13 Å². The summed E-state index contributed by atoms with van der Waals surface area (Å²) in [6, 6.07) is 0. The van der Waals surface area contributed by atoms with E-state index in [-0.39, 0.29) is 11.9 Å². The van der Waals surface area contributed by atoms with Crippen LogP contribution < -0.4 is 4.90 Å². The van der Waals surface area contributed by atoms with Gasteiger partial charge >= 0.3 is 5.97 Å². The Morgan fingerprint density at radius 3 is 3.00 bits per heavy atom. The molecule has 2 unspecified atom stereocenters. The van der Waals surface area contributed by atoms with Gasteiger partial charge in [-0.3, -0.25) is 4.79 Å². The van der Waals surface area contributed by atoms with E-state index in [4.69, 9.17) is 9.72 Å². The van der Waals surface area contributed by atoms with Crippen molar-refractivity contribution in [3.05, 3.63) is 10.6 Å². The molecule has 1 aliphatic heterocycles. The summed E-state index contributed by atoms with van der Waals surface area (Å²) in [5, 5.41) is 1.12. The van der Waals surface area contributed by atoms with Gasteiger partial charge < -0.3 is 9.64 Å². The molecule has 2 atom stereocenters. The number of carbonyl (C=O) groups excluding carboxylic acids is 1. The van der Waals surface area contributed by atoms with Crippen molar-refractivity contribution in [3.63, 3.8) is 0 Å². The van der Waals surface area contributed by atoms with Crippen molar-refractivity contribution >= 4 is 22.4 Å². The average Bonchev–Trinajstić information content (AvgIpc) is 3.13. The van der Waals surface area contributed by atoms with Crippen LogP contribution in [-0.2, 0) is 16.0 Å². The van der Waals surface area contributed by atoms with Crippen LogP contribution >= 0.6 is 11.3 Å². The van der Waals surface area contributed by atoms with Crippen LogP contribution in [0.2, 0.25) is 0 Å². The fourth-order valence-electron chi connectivity index (χ4n) is 3.35. The van der Waals surface area contributed by atoms with Gasteiger partial charge in [0, 0.05) is 18.0 Å². The fraction of sp³-hybridized carbons (Fsp3) is 0.750. The number of rotatable bonds is 4. The van der Waals surface area contributed by atoms with Crippen molar-refractivity contribution in [2.45, 2.75) is 51.9 Å². The molecule has 5 heteroatoms. The van der Waals surface area contributed by atoms with E-state index in [1.54, 1.807) is 11.3 Å². The van der Waals surface area contributed by atoms with Gasteiger partial charge in [0.05, 0.1) is 12.3 Å². The Morgan fingerprint density at radius 2 is 2.29 bits per heavy atom. The standard InChI is InChI=1S/C16H24N2O2S/c1-3-11-8-9-18(10-11)16-17-14-12(15(19)20-4-2)6-5-7-13(14)21-16/h11-12H,3-10H2,1-2H3. The van der Waals surface area contributed by atoms with Crippen LogP contribution in [0, 0.1) is 5.92 Å². The Hall–Kier alpha value is -1.10. The predicted octanol–water partition coefficient (Wildman–Crippen LogP) is 3.36. The minimum absolute atomic E-state index is 0.0943. The van der Waals surface area contributed by atoms with Gasteiger partial charge in [-0.1, -0.05) is 13.3 Å². The Bertz CT molecular complexity index is 514. The van der Waals surface area contributed by atoms with E-state index in [0.29, 0.717) is 6.61 Å². The normalized spacial score (nSPS) is 25.0. The number of fused-ring (bicyclic) bond motifs is 1. The first-order chi connectivity index (χ1) is 10.2. The number of thiazole rings is 1. The maximum Gasteiger partial charge on any atom is 0.315 e. The summed E-state index contributed by atoms with van der Waals surface area (Å²) in [4.78, 5) is 20.7. The van der Waals surface area contributed by atoms with Crippen molar-refractivity contribution in [2.75, 3.05) is 24.6 Å². The molecule has 4 nitrogen and oxygen atoms in total. The molecule has 3 rings (SSSR count). The van der Waals surface area contributed by atoms with Crippen molar-refractivity contribution in [2.24, 2.45) is 5.92 Å². The fourth-order valence-corrected chi connectivity index (χ4v) is 4.55. The predicted molar refractivity (Wildman–Crippen MR) is 85.0 cm³/mol. The number of anilines is 1. The number of aromatic nitrogens is 1. The van der Waals surface area contributed by atoms with Crippen molar-refractivity contribution in [1.29, 1.82) is 0 Å². The monoisotopic (exact) mass is 308 g/mol. The highest BCUT2D eigenvalue weighted by molar-refractivity contribution is 7.15. The number of ether oxygens (including phenoxy) is 1. The molecule has 1 fully saturated rings. The quantitative estimate of drug-likeness (QED) is 0.800. The largest absolute Gasteiger partial charge is 0.465 e. The number of hydrogen-bond acceptors (Lipinski definition) is 5. The summed E-state index contributed by atoms with van der Waals surface area (Å²) >= 11 is 1.79. The van der Waals surface area contributed by atoms with Gasteiger partial charge in [0.2, 0.25) is 0 Å². The maximum absolute atomic E-state index is 12.1. The van der Waals surface area contributed by atoms with Crippen LogP contribution in [0.3, 0.4) is 0 Å². The number of esters is 1. The summed E-state index contributed by atoms with van der Waals surface area (Å²) in [5.41, 5.74) is 1.000. The van der Waals surface area contributed by atoms with E-state index < -0.39 is 0 Å². The summed E-state index contributed by atoms with van der Waals surface area (Å²) in [7, 11) is 0.